The molecule has 0 aromatic rings. The SMILES string of the molecule is CN1CCC(NS(=O)(=O)CCC2CNC2)CC1. The quantitative estimate of drug-likeness (QED) is 0.707. The standard InChI is InChI=1S/C11H23N3O2S/c1-14-5-2-11(3-6-14)13-17(15,16)7-4-10-8-12-9-10/h10-13H,2-9H2,1H3. The normalized spacial score (nSPS) is 24.8. The summed E-state index contributed by atoms with van der Waals surface area (Å²) in [4.78, 5) is 2.24. The van der Waals surface area contributed by atoms with Crippen molar-refractivity contribution in [3.05, 3.63) is 0 Å². The van der Waals surface area contributed by atoms with Crippen molar-refractivity contribution in [3.63, 3.8) is 0 Å². The molecule has 0 unspecified atom stereocenters. The Morgan fingerprint density at radius 2 is 1.94 bits per heavy atom. The molecule has 2 fully saturated rings. The lowest BCUT2D eigenvalue weighted by Crippen LogP contribution is -2.46. The summed E-state index contributed by atoms with van der Waals surface area (Å²) in [6, 6.07) is 0.149. The highest BCUT2D eigenvalue weighted by Gasteiger charge is 2.24. The van der Waals surface area contributed by atoms with Gasteiger partial charge in [0.15, 0.2) is 0 Å². The van der Waals surface area contributed by atoms with E-state index in [1.807, 2.05) is 0 Å². The zero-order valence-electron chi connectivity index (χ0n) is 10.5. The minimum atomic E-state index is -3.07. The molecule has 2 aliphatic heterocycles. The minimum Gasteiger partial charge on any atom is -0.316 e. The maximum Gasteiger partial charge on any atom is 0.211 e. The highest BCUT2D eigenvalue weighted by Crippen LogP contribution is 2.12. The van der Waals surface area contributed by atoms with Gasteiger partial charge in [-0.2, -0.15) is 0 Å². The number of likely N-dealkylation sites (tertiary alicyclic amines) is 1. The van der Waals surface area contributed by atoms with Crippen LogP contribution in [0.2, 0.25) is 0 Å². The fourth-order valence-electron chi connectivity index (χ4n) is 2.31. The number of rotatable bonds is 5. The van der Waals surface area contributed by atoms with Crippen LogP contribution in [0, 0.1) is 5.92 Å². The third-order valence-electron chi connectivity index (χ3n) is 3.73. The van der Waals surface area contributed by atoms with Gasteiger partial charge in [-0.3, -0.25) is 0 Å². The molecule has 0 aromatic heterocycles. The lowest BCUT2D eigenvalue weighted by molar-refractivity contribution is 0.248. The Morgan fingerprint density at radius 3 is 2.47 bits per heavy atom. The summed E-state index contributed by atoms with van der Waals surface area (Å²) in [5, 5.41) is 3.16. The fourth-order valence-corrected chi connectivity index (χ4v) is 3.82. The van der Waals surface area contributed by atoms with E-state index < -0.39 is 10.0 Å². The molecule has 100 valence electrons. The van der Waals surface area contributed by atoms with Crippen LogP contribution >= 0.6 is 0 Å². The molecule has 0 spiro atoms. The van der Waals surface area contributed by atoms with Crippen LogP contribution in [0.3, 0.4) is 0 Å². The number of sulfonamides is 1. The average molecular weight is 261 g/mol. The van der Waals surface area contributed by atoms with Gasteiger partial charge < -0.3 is 10.2 Å². The Kier molecular flexibility index (Phi) is 4.41. The Hall–Kier alpha value is -0.170. The molecule has 0 radical (unpaired) electrons. The van der Waals surface area contributed by atoms with E-state index in [0.717, 1.165) is 45.4 Å². The van der Waals surface area contributed by atoms with Crippen LogP contribution < -0.4 is 10.0 Å². The van der Waals surface area contributed by atoms with E-state index >= 15 is 0 Å². The molecule has 2 aliphatic rings. The van der Waals surface area contributed by atoms with E-state index in [1.165, 1.54) is 0 Å². The van der Waals surface area contributed by atoms with E-state index in [4.69, 9.17) is 0 Å². The van der Waals surface area contributed by atoms with Crippen LogP contribution in [-0.2, 0) is 10.0 Å². The van der Waals surface area contributed by atoms with Gasteiger partial charge in [-0.25, -0.2) is 13.1 Å². The van der Waals surface area contributed by atoms with E-state index in [9.17, 15) is 8.42 Å². The Bertz CT molecular complexity index is 333. The first-order valence-corrected chi connectivity index (χ1v) is 8.10. The van der Waals surface area contributed by atoms with Gasteiger partial charge >= 0.3 is 0 Å². The van der Waals surface area contributed by atoms with Crippen molar-refractivity contribution in [2.45, 2.75) is 25.3 Å². The first kappa shape index (κ1) is 13.3. The summed E-state index contributed by atoms with van der Waals surface area (Å²) in [6.07, 6.45) is 2.65. The van der Waals surface area contributed by atoms with Crippen LogP contribution in [0.5, 0.6) is 0 Å². The first-order chi connectivity index (χ1) is 8.05. The van der Waals surface area contributed by atoms with Gasteiger partial charge in [0.1, 0.15) is 0 Å². The highest BCUT2D eigenvalue weighted by molar-refractivity contribution is 7.89. The fraction of sp³-hybridized carbons (Fsp3) is 1.00. The minimum absolute atomic E-state index is 0.149. The Balaban J connectivity index is 1.72. The second-order valence-corrected chi connectivity index (χ2v) is 7.20. The van der Waals surface area contributed by atoms with Gasteiger partial charge in [-0.1, -0.05) is 0 Å². The third-order valence-corrected chi connectivity index (χ3v) is 5.19. The number of hydrogen-bond acceptors (Lipinski definition) is 4. The molecular formula is C11H23N3O2S. The summed E-state index contributed by atoms with van der Waals surface area (Å²) < 4.78 is 26.6. The van der Waals surface area contributed by atoms with Crippen LogP contribution in [0.4, 0.5) is 0 Å². The maximum atomic E-state index is 11.9. The molecular weight excluding hydrogens is 238 g/mol. The predicted octanol–water partition coefficient (Wildman–Crippen LogP) is -0.390. The highest BCUT2D eigenvalue weighted by atomic mass is 32.2. The molecule has 17 heavy (non-hydrogen) atoms. The summed E-state index contributed by atoms with van der Waals surface area (Å²) in [7, 11) is -0.989. The molecule has 2 N–H and O–H groups in total. The molecule has 5 nitrogen and oxygen atoms in total. The predicted molar refractivity (Wildman–Crippen MR) is 68.4 cm³/mol. The number of nitrogens with zero attached hydrogens (tertiary/aromatic N) is 1. The molecule has 0 amide bonds. The lowest BCUT2D eigenvalue weighted by Gasteiger charge is -2.30. The molecule has 6 heteroatoms. The second kappa shape index (κ2) is 5.65. The van der Waals surface area contributed by atoms with Crippen LogP contribution in [-0.4, -0.2) is 58.3 Å². The van der Waals surface area contributed by atoms with Gasteiger partial charge in [0.2, 0.25) is 10.0 Å². The van der Waals surface area contributed by atoms with Crippen LogP contribution in [0.1, 0.15) is 19.3 Å². The monoisotopic (exact) mass is 261 g/mol. The number of hydrogen-bond donors (Lipinski definition) is 2. The van der Waals surface area contributed by atoms with Gasteiger partial charge in [0.25, 0.3) is 0 Å². The maximum absolute atomic E-state index is 11.9. The largest absolute Gasteiger partial charge is 0.316 e. The van der Waals surface area contributed by atoms with Gasteiger partial charge in [-0.15, -0.1) is 0 Å². The van der Waals surface area contributed by atoms with E-state index in [2.05, 4.69) is 22.0 Å². The zero-order chi connectivity index (χ0) is 12.3. The molecule has 0 aromatic carbocycles. The van der Waals surface area contributed by atoms with Gasteiger partial charge in [0.05, 0.1) is 5.75 Å². The summed E-state index contributed by atoms with van der Waals surface area (Å²) in [6.45, 7) is 3.92. The lowest BCUT2D eigenvalue weighted by atomic mass is 10.0. The van der Waals surface area contributed by atoms with Crippen molar-refractivity contribution in [1.82, 2.24) is 14.9 Å². The molecule has 0 aliphatic carbocycles. The van der Waals surface area contributed by atoms with Crippen molar-refractivity contribution in [2.75, 3.05) is 39.0 Å². The number of nitrogens with one attached hydrogen (secondary N) is 2. The van der Waals surface area contributed by atoms with Crippen LogP contribution in [0.25, 0.3) is 0 Å². The van der Waals surface area contributed by atoms with Crippen molar-refractivity contribution >= 4 is 10.0 Å². The molecule has 0 saturated carbocycles. The first-order valence-electron chi connectivity index (χ1n) is 6.44. The zero-order valence-corrected chi connectivity index (χ0v) is 11.3. The van der Waals surface area contributed by atoms with Crippen molar-refractivity contribution in [3.8, 4) is 0 Å². The van der Waals surface area contributed by atoms with Gasteiger partial charge in [-0.05, 0) is 58.4 Å². The topological polar surface area (TPSA) is 61.4 Å². The molecule has 2 rings (SSSR count). The second-order valence-electron chi connectivity index (χ2n) is 5.33. The van der Waals surface area contributed by atoms with Crippen molar-refractivity contribution < 1.29 is 8.42 Å². The molecule has 2 saturated heterocycles. The Labute approximate surface area is 104 Å². The van der Waals surface area contributed by atoms with E-state index in [0.29, 0.717) is 5.92 Å². The van der Waals surface area contributed by atoms with Crippen molar-refractivity contribution in [2.24, 2.45) is 5.92 Å². The smallest absolute Gasteiger partial charge is 0.211 e. The molecule has 0 bridgehead atoms. The number of piperidine rings is 1. The van der Waals surface area contributed by atoms with Crippen molar-refractivity contribution in [1.29, 1.82) is 0 Å². The average Bonchev–Trinajstić information content (AvgIpc) is 2.19. The molecule has 0 atom stereocenters. The molecule has 2 heterocycles. The van der Waals surface area contributed by atoms with Gasteiger partial charge in [0, 0.05) is 6.04 Å². The summed E-state index contributed by atoms with van der Waals surface area (Å²) in [5.41, 5.74) is 0. The summed E-state index contributed by atoms with van der Waals surface area (Å²) >= 11 is 0. The third kappa shape index (κ3) is 4.21. The summed E-state index contributed by atoms with van der Waals surface area (Å²) in [5.74, 6) is 0.843. The van der Waals surface area contributed by atoms with Crippen LogP contribution in [0.15, 0.2) is 0 Å². The van der Waals surface area contributed by atoms with E-state index in [1.54, 1.807) is 0 Å². The van der Waals surface area contributed by atoms with E-state index in [-0.39, 0.29) is 11.8 Å². The Morgan fingerprint density at radius 1 is 1.29 bits per heavy atom.